The zero-order valence-corrected chi connectivity index (χ0v) is 43.5. The van der Waals surface area contributed by atoms with Gasteiger partial charge in [0.25, 0.3) is 0 Å². The first-order valence-corrected chi connectivity index (χ1v) is 26.0. The summed E-state index contributed by atoms with van der Waals surface area (Å²) < 4.78 is 2.48. The fourth-order valence-corrected chi connectivity index (χ4v) is 12.5. The summed E-state index contributed by atoms with van der Waals surface area (Å²) in [4.78, 5) is 2.57. The maximum Gasteiger partial charge on any atom is 0.0541 e. The number of nitrogens with zero attached hydrogens (tertiary/aromatic N) is 2. The highest BCUT2D eigenvalue weighted by Crippen LogP contribution is 2.49. The Bertz CT molecular complexity index is 3990. The van der Waals surface area contributed by atoms with Crippen LogP contribution in [0.3, 0.4) is 0 Å². The Morgan fingerprint density at radius 1 is 0.270 bits per heavy atom. The molecule has 0 unspecified atom stereocenters. The number of para-hydroxylation sites is 2. The molecular formula is C72H58N2. The zero-order chi connectivity index (χ0) is 50.5. The summed E-state index contributed by atoms with van der Waals surface area (Å²) in [7, 11) is 0. The van der Waals surface area contributed by atoms with Gasteiger partial charge in [0, 0.05) is 32.9 Å². The summed E-state index contributed by atoms with van der Waals surface area (Å²) in [6.45, 7) is 17.7. The van der Waals surface area contributed by atoms with Gasteiger partial charge in [-0.2, -0.15) is 0 Å². The molecule has 13 aromatic rings. The third kappa shape index (κ3) is 7.81. The average molecular weight is 951 g/mol. The van der Waals surface area contributed by atoms with Crippen LogP contribution in [0.4, 0.5) is 17.1 Å². The van der Waals surface area contributed by atoms with Crippen LogP contribution in [-0.2, 0) is 0 Å². The molecule has 1 aromatic heterocycles. The van der Waals surface area contributed by atoms with Crippen molar-refractivity contribution in [2.24, 2.45) is 0 Å². The van der Waals surface area contributed by atoms with E-state index in [1.165, 1.54) is 149 Å². The van der Waals surface area contributed by atoms with Crippen molar-refractivity contribution in [1.29, 1.82) is 0 Å². The van der Waals surface area contributed by atoms with E-state index in [1.54, 1.807) is 0 Å². The SMILES string of the molecule is Cc1cc(C)cc(-c2cc(-c3cc(C)cc(C)c3)cc(N(c3cc(-c4cc(C)cc(C)c4)cc(-c4cc(C)cc(C)c4)c3)c3ccc4ccc5c(-n6c7ccccc7c7ccccc76)ccc6ccc3c4c65)c2)c1. The molecule has 1 heterocycles. The summed E-state index contributed by atoms with van der Waals surface area (Å²) in [6, 6.07) is 78.8. The lowest BCUT2D eigenvalue weighted by Gasteiger charge is -2.30. The third-order valence-electron chi connectivity index (χ3n) is 15.3. The molecular weight excluding hydrogens is 893 g/mol. The van der Waals surface area contributed by atoms with Gasteiger partial charge in [0.05, 0.1) is 22.4 Å². The van der Waals surface area contributed by atoms with Crippen molar-refractivity contribution >= 4 is 71.2 Å². The Labute approximate surface area is 434 Å². The van der Waals surface area contributed by atoms with Crippen LogP contribution in [0.2, 0.25) is 0 Å². The molecule has 12 aromatic carbocycles. The Balaban J connectivity index is 1.14. The molecule has 0 radical (unpaired) electrons. The topological polar surface area (TPSA) is 8.17 Å². The predicted octanol–water partition coefficient (Wildman–Crippen LogP) is 20.3. The summed E-state index contributed by atoms with van der Waals surface area (Å²) >= 11 is 0. The fraction of sp³-hybridized carbons (Fsp3) is 0.111. The second-order valence-corrected chi connectivity index (χ2v) is 21.3. The molecule has 0 saturated carbocycles. The Morgan fingerprint density at radius 2 is 0.595 bits per heavy atom. The molecule has 74 heavy (non-hydrogen) atoms. The van der Waals surface area contributed by atoms with E-state index in [2.05, 4.69) is 271 Å². The molecule has 13 rings (SSSR count). The second kappa shape index (κ2) is 17.5. The third-order valence-corrected chi connectivity index (χ3v) is 15.3. The van der Waals surface area contributed by atoms with Crippen LogP contribution in [0.1, 0.15) is 44.5 Å². The summed E-state index contributed by atoms with van der Waals surface area (Å²) in [5, 5.41) is 9.96. The molecule has 0 spiro atoms. The molecule has 0 amide bonds. The van der Waals surface area contributed by atoms with E-state index in [9.17, 15) is 0 Å². The highest BCUT2D eigenvalue weighted by molar-refractivity contribution is 6.27. The standard InChI is InChI=1S/C72H58N2/c1-43-25-44(2)30-53(29-43)57-37-58(54-31-45(3)26-46(4)32-54)40-61(39-57)73(62-41-59(55-33-47(5)27-48(6)34-55)38-60(42-62)56-35-49(7)28-50(8)36-56)69-23-19-51-18-22-66-70(24-20-52-17-21-65(69)71(51)72(52)66)74-67-15-11-9-13-63(67)64-14-10-12-16-68(64)74/h9-42H,1-8H3. The van der Waals surface area contributed by atoms with Crippen molar-refractivity contribution in [3.8, 4) is 50.2 Å². The van der Waals surface area contributed by atoms with Gasteiger partial charge in [0.15, 0.2) is 0 Å². The van der Waals surface area contributed by atoms with Crippen LogP contribution in [0.15, 0.2) is 206 Å². The molecule has 2 nitrogen and oxygen atoms in total. The van der Waals surface area contributed by atoms with Gasteiger partial charge in [-0.05, 0) is 182 Å². The first-order valence-electron chi connectivity index (χ1n) is 26.0. The number of aromatic nitrogens is 1. The zero-order valence-electron chi connectivity index (χ0n) is 43.5. The summed E-state index contributed by atoms with van der Waals surface area (Å²) in [6.07, 6.45) is 0. The molecule has 0 bridgehead atoms. The molecule has 0 atom stereocenters. The number of benzene rings is 12. The molecule has 0 fully saturated rings. The molecule has 0 aliphatic carbocycles. The maximum atomic E-state index is 2.57. The van der Waals surface area contributed by atoms with E-state index in [0.717, 1.165) is 17.1 Å². The number of fused-ring (bicyclic) bond motifs is 3. The Kier molecular flexibility index (Phi) is 10.7. The van der Waals surface area contributed by atoms with Crippen molar-refractivity contribution in [3.63, 3.8) is 0 Å². The first kappa shape index (κ1) is 45.2. The van der Waals surface area contributed by atoms with E-state index in [0.29, 0.717) is 0 Å². The first-order chi connectivity index (χ1) is 35.9. The second-order valence-electron chi connectivity index (χ2n) is 21.3. The lowest BCUT2D eigenvalue weighted by Crippen LogP contribution is -2.12. The van der Waals surface area contributed by atoms with Gasteiger partial charge in [-0.1, -0.05) is 190 Å². The summed E-state index contributed by atoms with van der Waals surface area (Å²) in [5.74, 6) is 0. The van der Waals surface area contributed by atoms with Crippen molar-refractivity contribution < 1.29 is 0 Å². The number of rotatable bonds is 8. The Morgan fingerprint density at radius 3 is 1.00 bits per heavy atom. The molecule has 0 saturated heterocycles. The van der Waals surface area contributed by atoms with Gasteiger partial charge < -0.3 is 9.47 Å². The minimum absolute atomic E-state index is 1.10. The van der Waals surface area contributed by atoms with Gasteiger partial charge in [0.1, 0.15) is 0 Å². The fourth-order valence-electron chi connectivity index (χ4n) is 12.5. The monoisotopic (exact) mass is 950 g/mol. The van der Waals surface area contributed by atoms with E-state index in [1.807, 2.05) is 0 Å². The normalized spacial score (nSPS) is 11.8. The van der Waals surface area contributed by atoms with Crippen LogP contribution < -0.4 is 4.90 Å². The van der Waals surface area contributed by atoms with E-state index < -0.39 is 0 Å². The van der Waals surface area contributed by atoms with Crippen LogP contribution in [0.25, 0.3) is 104 Å². The molecule has 0 aliphatic heterocycles. The van der Waals surface area contributed by atoms with E-state index in [-0.39, 0.29) is 0 Å². The lowest BCUT2D eigenvalue weighted by molar-refractivity contribution is 1.20. The largest absolute Gasteiger partial charge is 0.310 e. The van der Waals surface area contributed by atoms with Crippen molar-refractivity contribution in [3.05, 3.63) is 251 Å². The van der Waals surface area contributed by atoms with Crippen molar-refractivity contribution in [2.45, 2.75) is 55.4 Å². The number of hydrogen-bond acceptors (Lipinski definition) is 1. The van der Waals surface area contributed by atoms with E-state index in [4.69, 9.17) is 0 Å². The predicted molar refractivity (Wildman–Crippen MR) is 319 cm³/mol. The van der Waals surface area contributed by atoms with Gasteiger partial charge >= 0.3 is 0 Å². The smallest absolute Gasteiger partial charge is 0.0541 e. The van der Waals surface area contributed by atoms with Gasteiger partial charge in [-0.15, -0.1) is 0 Å². The van der Waals surface area contributed by atoms with Crippen LogP contribution in [-0.4, -0.2) is 4.57 Å². The molecule has 2 heteroatoms. The van der Waals surface area contributed by atoms with Crippen LogP contribution in [0, 0.1) is 55.4 Å². The molecule has 0 N–H and O–H groups in total. The van der Waals surface area contributed by atoms with Crippen molar-refractivity contribution in [1.82, 2.24) is 4.57 Å². The Hall–Kier alpha value is -8.72. The van der Waals surface area contributed by atoms with Gasteiger partial charge in [-0.3, -0.25) is 0 Å². The minimum atomic E-state index is 1.10. The quantitative estimate of drug-likeness (QED) is 0.138. The lowest BCUT2D eigenvalue weighted by atomic mass is 9.91. The average Bonchev–Trinajstić information content (AvgIpc) is 3.72. The highest BCUT2D eigenvalue weighted by atomic mass is 15.1. The maximum absolute atomic E-state index is 2.57. The van der Waals surface area contributed by atoms with Crippen LogP contribution in [0.5, 0.6) is 0 Å². The minimum Gasteiger partial charge on any atom is -0.310 e. The molecule has 0 aliphatic rings. The number of anilines is 3. The van der Waals surface area contributed by atoms with E-state index >= 15 is 0 Å². The summed E-state index contributed by atoms with van der Waals surface area (Å²) in [5.41, 5.74) is 26.5. The number of aryl methyl sites for hydroxylation is 8. The highest BCUT2D eigenvalue weighted by Gasteiger charge is 2.24. The van der Waals surface area contributed by atoms with Gasteiger partial charge in [0.2, 0.25) is 0 Å². The molecule has 356 valence electrons. The number of hydrogen-bond donors (Lipinski definition) is 0. The van der Waals surface area contributed by atoms with Gasteiger partial charge in [-0.25, -0.2) is 0 Å². The van der Waals surface area contributed by atoms with Crippen LogP contribution >= 0.6 is 0 Å². The van der Waals surface area contributed by atoms with Crippen molar-refractivity contribution in [2.75, 3.05) is 4.90 Å².